The summed E-state index contributed by atoms with van der Waals surface area (Å²) >= 11 is 0. The second-order valence-electron chi connectivity index (χ2n) is 14.0. The number of unbranched alkanes of at least 4 members (excludes halogenated alkanes) is 2. The summed E-state index contributed by atoms with van der Waals surface area (Å²) in [6.45, 7) is 26.5. The van der Waals surface area contributed by atoms with E-state index in [1.54, 1.807) is 0 Å². The minimum atomic E-state index is 0.578. The van der Waals surface area contributed by atoms with Crippen molar-refractivity contribution >= 4 is 0 Å². The van der Waals surface area contributed by atoms with Gasteiger partial charge in [-0.3, -0.25) is 0 Å². The minimum absolute atomic E-state index is 0.578. The molecule has 0 aromatic heterocycles. The van der Waals surface area contributed by atoms with Crippen molar-refractivity contribution in [2.45, 2.75) is 129 Å². The van der Waals surface area contributed by atoms with Gasteiger partial charge in [0.05, 0.1) is 0 Å². The molecule has 302 valence electrons. The topological polar surface area (TPSA) is 172 Å². The van der Waals surface area contributed by atoms with Gasteiger partial charge in [-0.2, -0.15) is 0 Å². The first-order valence-electron chi connectivity index (χ1n) is 21.2. The van der Waals surface area contributed by atoms with Crippen molar-refractivity contribution in [3.05, 3.63) is 0 Å². The van der Waals surface area contributed by atoms with E-state index in [1.165, 1.54) is 77.0 Å². The van der Waals surface area contributed by atoms with Crippen LogP contribution in [-0.2, 0) is 0 Å². The lowest BCUT2D eigenvalue weighted by atomic mass is 9.98. The Morgan fingerprint density at radius 2 is 0.580 bits per heavy atom. The van der Waals surface area contributed by atoms with E-state index in [0.29, 0.717) is 37.3 Å². The Hall–Kier alpha value is -0.480. The van der Waals surface area contributed by atoms with Crippen LogP contribution in [0.5, 0.6) is 0 Å². The molecule has 0 spiro atoms. The molecule has 0 aliphatic heterocycles. The number of hydrogen-bond donors (Lipinski definition) is 12. The molecule has 0 radical (unpaired) electrons. The highest BCUT2D eigenvalue weighted by Gasteiger charge is 2.16. The molecule has 0 rings (SSSR count). The third-order valence-electron chi connectivity index (χ3n) is 9.24. The SMILES string of the molecule is CCCCC(CC(CCC)NCCNCCNCCN)NCCNCCNCCNC(CCCC)CC(CCC)NCCNCCNCCN. The Morgan fingerprint density at radius 3 is 0.840 bits per heavy atom. The third-order valence-corrected chi connectivity index (χ3v) is 9.24. The molecule has 0 bridgehead atoms. The van der Waals surface area contributed by atoms with Crippen molar-refractivity contribution in [3.63, 3.8) is 0 Å². The monoisotopic (exact) mass is 715 g/mol. The molecule has 4 atom stereocenters. The first-order chi connectivity index (χ1) is 24.6. The van der Waals surface area contributed by atoms with E-state index in [2.05, 4.69) is 80.9 Å². The number of nitrogens with two attached hydrogens (primary N) is 2. The van der Waals surface area contributed by atoms with Gasteiger partial charge in [-0.1, -0.05) is 66.2 Å². The third kappa shape index (κ3) is 34.6. The highest BCUT2D eigenvalue weighted by molar-refractivity contribution is 4.79. The fraction of sp³-hybridized carbons (Fsp3) is 1.00. The van der Waals surface area contributed by atoms with Crippen molar-refractivity contribution in [1.82, 2.24) is 53.2 Å². The first-order valence-corrected chi connectivity index (χ1v) is 21.2. The lowest BCUT2D eigenvalue weighted by Gasteiger charge is -2.26. The van der Waals surface area contributed by atoms with Gasteiger partial charge in [0, 0.05) is 142 Å². The van der Waals surface area contributed by atoms with E-state index in [0.717, 1.165) is 105 Å². The van der Waals surface area contributed by atoms with Crippen molar-refractivity contribution < 1.29 is 0 Å². The number of nitrogens with one attached hydrogen (secondary N) is 10. The van der Waals surface area contributed by atoms with Gasteiger partial charge in [0.25, 0.3) is 0 Å². The molecule has 4 unspecified atom stereocenters. The highest BCUT2D eigenvalue weighted by atomic mass is 15.0. The van der Waals surface area contributed by atoms with Gasteiger partial charge in [-0.05, 0) is 38.5 Å². The summed E-state index contributed by atoms with van der Waals surface area (Å²) in [5, 5.41) is 36.5. The zero-order valence-electron chi connectivity index (χ0n) is 33.7. The van der Waals surface area contributed by atoms with E-state index < -0.39 is 0 Å². The second kappa shape index (κ2) is 41.3. The summed E-state index contributed by atoms with van der Waals surface area (Å²) in [6.07, 6.45) is 15.0. The average molecular weight is 715 g/mol. The molecule has 14 N–H and O–H groups in total. The quantitative estimate of drug-likeness (QED) is 0.0406. The Labute approximate surface area is 310 Å². The number of hydrogen-bond acceptors (Lipinski definition) is 12. The fourth-order valence-electron chi connectivity index (χ4n) is 6.44. The molecule has 0 aliphatic carbocycles. The smallest absolute Gasteiger partial charge is 0.00824 e. The molecule has 0 saturated heterocycles. The zero-order valence-corrected chi connectivity index (χ0v) is 33.7. The van der Waals surface area contributed by atoms with Crippen molar-refractivity contribution in [1.29, 1.82) is 0 Å². The first kappa shape index (κ1) is 49.5. The van der Waals surface area contributed by atoms with Crippen LogP contribution >= 0.6 is 0 Å². The normalized spacial score (nSPS) is 14.3. The molecule has 12 nitrogen and oxygen atoms in total. The predicted molar refractivity (Wildman–Crippen MR) is 221 cm³/mol. The Balaban J connectivity index is 4.24. The fourth-order valence-corrected chi connectivity index (χ4v) is 6.44. The van der Waals surface area contributed by atoms with Crippen LogP contribution in [0.15, 0.2) is 0 Å². The second-order valence-corrected chi connectivity index (χ2v) is 14.0. The molecule has 12 heteroatoms. The summed E-state index contributed by atoms with van der Waals surface area (Å²) in [5.41, 5.74) is 11.1. The summed E-state index contributed by atoms with van der Waals surface area (Å²) in [6, 6.07) is 2.32. The molecule has 0 fully saturated rings. The largest absolute Gasteiger partial charge is 0.329 e. The van der Waals surface area contributed by atoms with E-state index in [-0.39, 0.29) is 0 Å². The molecule has 0 aliphatic rings. The Morgan fingerprint density at radius 1 is 0.320 bits per heavy atom. The summed E-state index contributed by atoms with van der Waals surface area (Å²) < 4.78 is 0. The molecule has 0 aromatic carbocycles. The van der Waals surface area contributed by atoms with Gasteiger partial charge in [0.2, 0.25) is 0 Å². The van der Waals surface area contributed by atoms with Gasteiger partial charge in [-0.15, -0.1) is 0 Å². The lowest BCUT2D eigenvalue weighted by molar-refractivity contribution is 0.352. The Kier molecular flexibility index (Phi) is 40.9. The number of rotatable bonds is 43. The lowest BCUT2D eigenvalue weighted by Crippen LogP contribution is -2.44. The van der Waals surface area contributed by atoms with Crippen molar-refractivity contribution in [3.8, 4) is 0 Å². The molecular weight excluding hydrogens is 625 g/mol. The van der Waals surface area contributed by atoms with Crippen LogP contribution in [0.1, 0.15) is 105 Å². The van der Waals surface area contributed by atoms with Crippen LogP contribution in [0.4, 0.5) is 0 Å². The van der Waals surface area contributed by atoms with Crippen LogP contribution in [0.2, 0.25) is 0 Å². The maximum absolute atomic E-state index is 5.54. The highest BCUT2D eigenvalue weighted by Crippen LogP contribution is 2.12. The van der Waals surface area contributed by atoms with Gasteiger partial charge in [0.1, 0.15) is 0 Å². The van der Waals surface area contributed by atoms with Crippen LogP contribution in [-0.4, -0.2) is 142 Å². The van der Waals surface area contributed by atoms with Gasteiger partial charge in [-0.25, -0.2) is 0 Å². The van der Waals surface area contributed by atoms with Gasteiger partial charge >= 0.3 is 0 Å². The average Bonchev–Trinajstić information content (AvgIpc) is 3.12. The predicted octanol–water partition coefficient (Wildman–Crippen LogP) is 1.03. The van der Waals surface area contributed by atoms with Crippen molar-refractivity contribution in [2.75, 3.05) is 118 Å². The molecule has 0 saturated carbocycles. The van der Waals surface area contributed by atoms with Crippen molar-refractivity contribution in [2.24, 2.45) is 11.5 Å². The summed E-state index contributed by atoms with van der Waals surface area (Å²) in [5.74, 6) is 0. The van der Waals surface area contributed by atoms with E-state index in [1.807, 2.05) is 0 Å². The Bertz CT molecular complexity index is 581. The zero-order chi connectivity index (χ0) is 36.6. The maximum atomic E-state index is 5.54. The molecular formula is C38H90N12. The van der Waals surface area contributed by atoms with Crippen LogP contribution in [0.25, 0.3) is 0 Å². The van der Waals surface area contributed by atoms with Crippen LogP contribution in [0.3, 0.4) is 0 Å². The maximum Gasteiger partial charge on any atom is 0.00824 e. The van der Waals surface area contributed by atoms with Gasteiger partial charge in [0.15, 0.2) is 0 Å². The van der Waals surface area contributed by atoms with E-state index in [9.17, 15) is 0 Å². The van der Waals surface area contributed by atoms with Crippen LogP contribution in [0, 0.1) is 0 Å². The van der Waals surface area contributed by atoms with Gasteiger partial charge < -0.3 is 64.6 Å². The molecule has 50 heavy (non-hydrogen) atoms. The molecule has 0 aromatic rings. The molecule has 0 heterocycles. The van der Waals surface area contributed by atoms with E-state index in [4.69, 9.17) is 11.5 Å². The minimum Gasteiger partial charge on any atom is -0.329 e. The van der Waals surface area contributed by atoms with E-state index >= 15 is 0 Å². The summed E-state index contributed by atoms with van der Waals surface area (Å²) in [4.78, 5) is 0. The summed E-state index contributed by atoms with van der Waals surface area (Å²) in [7, 11) is 0. The molecule has 0 amide bonds. The standard InChI is InChI=1S/C38H90N12/c1-5-9-13-37(33-35(11-7-3)47-29-25-43-21-19-41-17-15-39)49-31-27-45-23-24-46-28-32-50-38(14-10-6-2)34-36(12-8-4)48-30-26-44-22-20-42-18-16-40/h35-38,41-50H,5-34,39-40H2,1-4H3. The van der Waals surface area contributed by atoms with Crippen LogP contribution < -0.4 is 64.6 Å².